The second-order valence-electron chi connectivity index (χ2n) is 4.31. The Bertz CT molecular complexity index is 367. The second-order valence-corrected chi connectivity index (χ2v) is 5.34. The first-order valence-corrected chi connectivity index (χ1v) is 6.96. The molecule has 1 aliphatic heterocycles. The van der Waals surface area contributed by atoms with E-state index in [0.29, 0.717) is 12.5 Å². The highest BCUT2D eigenvalue weighted by Gasteiger charge is 2.22. The van der Waals surface area contributed by atoms with Gasteiger partial charge in [0.1, 0.15) is 5.75 Å². The first-order valence-electron chi connectivity index (χ1n) is 5.81. The van der Waals surface area contributed by atoms with Crippen molar-refractivity contribution < 1.29 is 4.74 Å². The predicted octanol–water partition coefficient (Wildman–Crippen LogP) is 2.97. The van der Waals surface area contributed by atoms with Crippen LogP contribution < -0.4 is 10.5 Å². The van der Waals surface area contributed by atoms with E-state index >= 15 is 0 Å². The normalized spacial score (nSPS) is 24.7. The van der Waals surface area contributed by atoms with Crippen LogP contribution in [0.15, 0.2) is 18.2 Å². The van der Waals surface area contributed by atoms with E-state index in [1.165, 1.54) is 11.1 Å². The molecule has 0 spiro atoms. The van der Waals surface area contributed by atoms with Crippen molar-refractivity contribution in [3.8, 4) is 5.75 Å². The van der Waals surface area contributed by atoms with Gasteiger partial charge in [0, 0.05) is 11.8 Å². The van der Waals surface area contributed by atoms with Crippen LogP contribution in [0.2, 0.25) is 0 Å². The van der Waals surface area contributed by atoms with E-state index < -0.39 is 0 Å². The first kappa shape index (κ1) is 11.8. The molecule has 0 amide bonds. The fraction of sp³-hybridized carbons (Fsp3) is 0.538. The lowest BCUT2D eigenvalue weighted by Crippen LogP contribution is -2.20. The molecular formula is C13H19NOS. The van der Waals surface area contributed by atoms with Crippen molar-refractivity contribution in [3.63, 3.8) is 0 Å². The van der Waals surface area contributed by atoms with Gasteiger partial charge in [0.05, 0.1) is 6.61 Å². The van der Waals surface area contributed by atoms with Gasteiger partial charge in [0.25, 0.3) is 0 Å². The van der Waals surface area contributed by atoms with Crippen LogP contribution in [-0.2, 0) is 5.75 Å². The Labute approximate surface area is 102 Å². The summed E-state index contributed by atoms with van der Waals surface area (Å²) in [7, 11) is 0. The molecule has 2 N–H and O–H groups in total. The van der Waals surface area contributed by atoms with E-state index in [2.05, 4.69) is 19.1 Å². The van der Waals surface area contributed by atoms with Crippen molar-refractivity contribution >= 4 is 11.8 Å². The molecule has 1 aliphatic rings. The van der Waals surface area contributed by atoms with Crippen molar-refractivity contribution in [3.05, 3.63) is 29.3 Å². The maximum absolute atomic E-state index is 6.29. The number of rotatable bonds is 2. The minimum Gasteiger partial charge on any atom is -0.494 e. The van der Waals surface area contributed by atoms with Crippen LogP contribution in [0.4, 0.5) is 0 Å². The molecule has 0 saturated heterocycles. The SMILES string of the molecule is CCOc1ccc2c(c1)C(N)C(C)CSC2. The Morgan fingerprint density at radius 2 is 2.31 bits per heavy atom. The van der Waals surface area contributed by atoms with Gasteiger partial charge in [-0.2, -0.15) is 11.8 Å². The minimum atomic E-state index is 0.144. The van der Waals surface area contributed by atoms with E-state index in [9.17, 15) is 0 Å². The Kier molecular flexibility index (Phi) is 3.77. The maximum Gasteiger partial charge on any atom is 0.119 e. The van der Waals surface area contributed by atoms with E-state index in [4.69, 9.17) is 10.5 Å². The van der Waals surface area contributed by atoms with Crippen molar-refractivity contribution in [1.82, 2.24) is 0 Å². The van der Waals surface area contributed by atoms with Gasteiger partial charge in [0.15, 0.2) is 0 Å². The third kappa shape index (κ3) is 2.36. The summed E-state index contributed by atoms with van der Waals surface area (Å²) in [4.78, 5) is 0. The highest BCUT2D eigenvalue weighted by molar-refractivity contribution is 7.98. The molecule has 0 bridgehead atoms. The van der Waals surface area contributed by atoms with E-state index in [-0.39, 0.29) is 6.04 Å². The molecule has 88 valence electrons. The molecule has 1 aromatic rings. The van der Waals surface area contributed by atoms with Gasteiger partial charge in [-0.3, -0.25) is 0 Å². The van der Waals surface area contributed by atoms with Crippen LogP contribution >= 0.6 is 11.8 Å². The van der Waals surface area contributed by atoms with Crippen LogP contribution in [-0.4, -0.2) is 12.4 Å². The Hall–Kier alpha value is -0.670. The van der Waals surface area contributed by atoms with Crippen molar-refractivity contribution in [2.24, 2.45) is 11.7 Å². The average Bonchev–Trinajstić information content (AvgIpc) is 2.42. The second kappa shape index (κ2) is 5.11. The lowest BCUT2D eigenvalue weighted by molar-refractivity contribution is 0.339. The zero-order valence-electron chi connectivity index (χ0n) is 9.90. The molecule has 0 aromatic heterocycles. The monoisotopic (exact) mass is 237 g/mol. The summed E-state index contributed by atoms with van der Waals surface area (Å²) in [6.45, 7) is 4.93. The molecule has 16 heavy (non-hydrogen) atoms. The largest absolute Gasteiger partial charge is 0.494 e. The Morgan fingerprint density at radius 3 is 3.06 bits per heavy atom. The summed E-state index contributed by atoms with van der Waals surface area (Å²) in [6.07, 6.45) is 0. The van der Waals surface area contributed by atoms with E-state index in [1.54, 1.807) is 0 Å². The highest BCUT2D eigenvalue weighted by atomic mass is 32.2. The molecule has 2 nitrogen and oxygen atoms in total. The fourth-order valence-electron chi connectivity index (χ4n) is 2.04. The molecule has 1 aromatic carbocycles. The zero-order chi connectivity index (χ0) is 11.5. The molecule has 0 saturated carbocycles. The minimum absolute atomic E-state index is 0.144. The third-order valence-electron chi connectivity index (χ3n) is 3.04. The molecule has 2 unspecified atom stereocenters. The molecule has 0 radical (unpaired) electrons. The quantitative estimate of drug-likeness (QED) is 0.859. The molecule has 0 fully saturated rings. The number of thioether (sulfide) groups is 1. The van der Waals surface area contributed by atoms with Crippen molar-refractivity contribution in [2.45, 2.75) is 25.6 Å². The summed E-state index contributed by atoms with van der Waals surface area (Å²) >= 11 is 1.97. The fourth-order valence-corrected chi connectivity index (χ4v) is 3.22. The standard InChI is InChI=1S/C13H19NOS/c1-3-15-11-5-4-10-8-16-7-9(2)13(14)12(10)6-11/h4-6,9,13H,3,7-8,14H2,1-2H3. The summed E-state index contributed by atoms with van der Waals surface area (Å²) in [5.41, 5.74) is 8.92. The van der Waals surface area contributed by atoms with Crippen LogP contribution in [0.5, 0.6) is 5.75 Å². The number of fused-ring (bicyclic) bond motifs is 1. The van der Waals surface area contributed by atoms with Crippen LogP contribution in [0.1, 0.15) is 31.0 Å². The predicted molar refractivity (Wildman–Crippen MR) is 69.9 cm³/mol. The first-order chi connectivity index (χ1) is 7.72. The van der Waals surface area contributed by atoms with Gasteiger partial charge >= 0.3 is 0 Å². The van der Waals surface area contributed by atoms with Crippen molar-refractivity contribution in [1.29, 1.82) is 0 Å². The molecule has 0 aliphatic carbocycles. The van der Waals surface area contributed by atoms with E-state index in [0.717, 1.165) is 17.3 Å². The van der Waals surface area contributed by atoms with Gasteiger partial charge < -0.3 is 10.5 Å². The smallest absolute Gasteiger partial charge is 0.119 e. The number of benzene rings is 1. The summed E-state index contributed by atoms with van der Waals surface area (Å²) < 4.78 is 5.53. The van der Waals surface area contributed by atoms with Gasteiger partial charge in [0.2, 0.25) is 0 Å². The van der Waals surface area contributed by atoms with Gasteiger partial charge in [-0.05, 0) is 41.9 Å². The summed E-state index contributed by atoms with van der Waals surface area (Å²) in [6, 6.07) is 6.47. The molecule has 2 atom stereocenters. The molecule has 1 heterocycles. The van der Waals surface area contributed by atoms with Crippen molar-refractivity contribution in [2.75, 3.05) is 12.4 Å². The van der Waals surface area contributed by atoms with Crippen LogP contribution in [0.3, 0.4) is 0 Å². The number of hydrogen-bond donors (Lipinski definition) is 1. The topological polar surface area (TPSA) is 35.2 Å². The van der Waals surface area contributed by atoms with Gasteiger partial charge in [-0.15, -0.1) is 0 Å². The molecule has 2 rings (SSSR count). The van der Waals surface area contributed by atoms with Crippen LogP contribution in [0, 0.1) is 5.92 Å². The zero-order valence-corrected chi connectivity index (χ0v) is 10.7. The molecule has 3 heteroatoms. The van der Waals surface area contributed by atoms with Gasteiger partial charge in [-0.25, -0.2) is 0 Å². The maximum atomic E-state index is 6.29. The van der Waals surface area contributed by atoms with Crippen LogP contribution in [0.25, 0.3) is 0 Å². The molecular weight excluding hydrogens is 218 g/mol. The number of ether oxygens (including phenoxy) is 1. The highest BCUT2D eigenvalue weighted by Crippen LogP contribution is 2.34. The number of nitrogens with two attached hydrogens (primary N) is 1. The lowest BCUT2D eigenvalue weighted by Gasteiger charge is -2.19. The Morgan fingerprint density at radius 1 is 1.50 bits per heavy atom. The third-order valence-corrected chi connectivity index (χ3v) is 4.32. The van der Waals surface area contributed by atoms with Gasteiger partial charge in [-0.1, -0.05) is 13.0 Å². The lowest BCUT2D eigenvalue weighted by atomic mass is 9.93. The summed E-state index contributed by atoms with van der Waals surface area (Å²) in [5, 5.41) is 0. The van der Waals surface area contributed by atoms with E-state index in [1.807, 2.05) is 24.8 Å². The Balaban J connectivity index is 2.34. The summed E-state index contributed by atoms with van der Waals surface area (Å²) in [5.74, 6) is 3.68. The number of hydrogen-bond acceptors (Lipinski definition) is 3. The average molecular weight is 237 g/mol.